The Balaban J connectivity index is 2.02. The summed E-state index contributed by atoms with van der Waals surface area (Å²) in [6, 6.07) is 5.40. The lowest BCUT2D eigenvalue weighted by Crippen LogP contribution is -2.39. The number of carbonyl (C=O) groups excluding carboxylic acids is 3. The fourth-order valence-corrected chi connectivity index (χ4v) is 2.64. The maximum absolute atomic E-state index is 12.0. The minimum Gasteiger partial charge on any atom is -0.347 e. The van der Waals surface area contributed by atoms with Crippen molar-refractivity contribution in [3.63, 3.8) is 0 Å². The van der Waals surface area contributed by atoms with Crippen molar-refractivity contribution >= 4 is 29.1 Å². The number of carbonyl (C=O) groups is 3. The number of anilines is 2. The second-order valence-electron chi connectivity index (χ2n) is 6.13. The molecule has 7 heteroatoms. The smallest absolute Gasteiger partial charge is 0.313 e. The molecule has 0 bridgehead atoms. The van der Waals surface area contributed by atoms with Crippen LogP contribution in [0.4, 0.5) is 11.4 Å². The molecule has 2 N–H and O–H groups in total. The minimum absolute atomic E-state index is 0.0270. The summed E-state index contributed by atoms with van der Waals surface area (Å²) in [6.45, 7) is 3.26. The van der Waals surface area contributed by atoms with Crippen LogP contribution in [0, 0.1) is 0 Å². The number of aryl methyl sites for hydroxylation is 1. The maximum atomic E-state index is 12.0. The standard InChI is InChI=1S/C17H24N4O3/c1-12(22)21-9-4-5-13-6-7-14(11-15(13)21)19-17(24)16(23)18-8-10-20(2)3/h6-7,11H,4-5,8-10H2,1-3H3,(H,18,23)(H,19,24). The monoisotopic (exact) mass is 332 g/mol. The molecule has 0 aliphatic carbocycles. The largest absolute Gasteiger partial charge is 0.347 e. The molecule has 1 aromatic carbocycles. The number of amides is 3. The van der Waals surface area contributed by atoms with Crippen LogP contribution in [0.3, 0.4) is 0 Å². The van der Waals surface area contributed by atoms with Crippen molar-refractivity contribution in [3.05, 3.63) is 23.8 Å². The Morgan fingerprint density at radius 2 is 1.96 bits per heavy atom. The molecule has 3 amide bonds. The highest BCUT2D eigenvalue weighted by atomic mass is 16.2. The number of hydrogen-bond donors (Lipinski definition) is 2. The van der Waals surface area contributed by atoms with Crippen LogP contribution < -0.4 is 15.5 Å². The molecule has 0 atom stereocenters. The van der Waals surface area contributed by atoms with Crippen LogP contribution in [0.2, 0.25) is 0 Å². The predicted octanol–water partition coefficient (Wildman–Crippen LogP) is 0.602. The Morgan fingerprint density at radius 1 is 1.21 bits per heavy atom. The molecule has 24 heavy (non-hydrogen) atoms. The lowest BCUT2D eigenvalue weighted by atomic mass is 10.0. The van der Waals surface area contributed by atoms with Gasteiger partial charge in [-0.25, -0.2) is 0 Å². The molecular formula is C17H24N4O3. The fourth-order valence-electron chi connectivity index (χ4n) is 2.64. The summed E-state index contributed by atoms with van der Waals surface area (Å²) in [7, 11) is 3.78. The van der Waals surface area contributed by atoms with Gasteiger partial charge in [-0.05, 0) is 44.6 Å². The molecule has 1 aliphatic rings. The van der Waals surface area contributed by atoms with E-state index in [0.717, 1.165) is 24.1 Å². The second-order valence-corrected chi connectivity index (χ2v) is 6.13. The van der Waals surface area contributed by atoms with Gasteiger partial charge in [0.1, 0.15) is 0 Å². The van der Waals surface area contributed by atoms with Crippen LogP contribution >= 0.6 is 0 Å². The summed E-state index contributed by atoms with van der Waals surface area (Å²) in [4.78, 5) is 39.1. The number of hydrogen-bond acceptors (Lipinski definition) is 4. The van der Waals surface area contributed by atoms with Crippen LogP contribution in [0.5, 0.6) is 0 Å². The third kappa shape index (κ3) is 4.55. The van der Waals surface area contributed by atoms with Gasteiger partial charge in [0.15, 0.2) is 0 Å². The molecule has 0 fully saturated rings. The zero-order valence-corrected chi connectivity index (χ0v) is 14.4. The highest BCUT2D eigenvalue weighted by Gasteiger charge is 2.21. The Morgan fingerprint density at radius 3 is 2.62 bits per heavy atom. The molecule has 2 rings (SSSR count). The van der Waals surface area contributed by atoms with Gasteiger partial charge in [0, 0.05) is 37.9 Å². The molecule has 0 unspecified atom stereocenters. The molecule has 0 saturated carbocycles. The predicted molar refractivity (Wildman–Crippen MR) is 93.0 cm³/mol. The van der Waals surface area contributed by atoms with E-state index in [0.29, 0.717) is 25.3 Å². The van der Waals surface area contributed by atoms with Crippen molar-refractivity contribution in [3.8, 4) is 0 Å². The van der Waals surface area contributed by atoms with Crippen molar-refractivity contribution < 1.29 is 14.4 Å². The highest BCUT2D eigenvalue weighted by Crippen LogP contribution is 2.30. The van der Waals surface area contributed by atoms with Gasteiger partial charge in [-0.15, -0.1) is 0 Å². The fraction of sp³-hybridized carbons (Fsp3) is 0.471. The molecule has 1 aliphatic heterocycles. The van der Waals surface area contributed by atoms with E-state index in [4.69, 9.17) is 0 Å². The Labute approximate surface area is 142 Å². The van der Waals surface area contributed by atoms with Gasteiger partial charge in [-0.2, -0.15) is 0 Å². The number of nitrogens with one attached hydrogen (secondary N) is 2. The summed E-state index contributed by atoms with van der Waals surface area (Å²) in [5, 5.41) is 5.15. The third-order valence-corrected chi connectivity index (χ3v) is 3.89. The Hall–Kier alpha value is -2.41. The Kier molecular flexibility index (Phi) is 5.92. The number of benzene rings is 1. The molecule has 1 heterocycles. The topological polar surface area (TPSA) is 81.8 Å². The number of likely N-dealkylation sites (N-methyl/N-ethyl adjacent to an activating group) is 1. The van der Waals surface area contributed by atoms with Crippen molar-refractivity contribution in [1.29, 1.82) is 0 Å². The van der Waals surface area contributed by atoms with E-state index < -0.39 is 11.8 Å². The van der Waals surface area contributed by atoms with E-state index in [1.165, 1.54) is 6.92 Å². The lowest BCUT2D eigenvalue weighted by Gasteiger charge is -2.29. The summed E-state index contributed by atoms with van der Waals surface area (Å²) >= 11 is 0. The van der Waals surface area contributed by atoms with E-state index >= 15 is 0 Å². The van der Waals surface area contributed by atoms with Gasteiger partial charge < -0.3 is 20.4 Å². The normalized spacial score (nSPS) is 13.4. The van der Waals surface area contributed by atoms with Crippen molar-refractivity contribution in [2.75, 3.05) is 43.9 Å². The van der Waals surface area contributed by atoms with Gasteiger partial charge in [0.25, 0.3) is 0 Å². The van der Waals surface area contributed by atoms with Gasteiger partial charge in [0.05, 0.1) is 0 Å². The van der Waals surface area contributed by atoms with Crippen molar-refractivity contribution in [1.82, 2.24) is 10.2 Å². The van der Waals surface area contributed by atoms with Gasteiger partial charge in [0.2, 0.25) is 5.91 Å². The van der Waals surface area contributed by atoms with Gasteiger partial charge in [-0.3, -0.25) is 14.4 Å². The van der Waals surface area contributed by atoms with Crippen molar-refractivity contribution in [2.45, 2.75) is 19.8 Å². The van der Waals surface area contributed by atoms with E-state index in [2.05, 4.69) is 10.6 Å². The van der Waals surface area contributed by atoms with Crippen LogP contribution in [0.15, 0.2) is 18.2 Å². The molecule has 0 spiro atoms. The highest BCUT2D eigenvalue weighted by molar-refractivity contribution is 6.39. The molecule has 7 nitrogen and oxygen atoms in total. The summed E-state index contributed by atoms with van der Waals surface area (Å²) in [5.74, 6) is -1.40. The van der Waals surface area contributed by atoms with Crippen LogP contribution in [-0.2, 0) is 20.8 Å². The zero-order chi connectivity index (χ0) is 17.7. The maximum Gasteiger partial charge on any atom is 0.313 e. The molecular weight excluding hydrogens is 308 g/mol. The molecule has 130 valence electrons. The summed E-state index contributed by atoms with van der Waals surface area (Å²) in [5.41, 5.74) is 2.39. The van der Waals surface area contributed by atoms with E-state index in [1.54, 1.807) is 17.0 Å². The lowest BCUT2D eigenvalue weighted by molar-refractivity contribution is -0.136. The average molecular weight is 332 g/mol. The van der Waals surface area contributed by atoms with Crippen LogP contribution in [-0.4, -0.2) is 56.4 Å². The Bertz CT molecular complexity index is 643. The third-order valence-electron chi connectivity index (χ3n) is 3.89. The van der Waals surface area contributed by atoms with E-state index in [9.17, 15) is 14.4 Å². The van der Waals surface area contributed by atoms with Gasteiger partial charge >= 0.3 is 11.8 Å². The van der Waals surface area contributed by atoms with Crippen molar-refractivity contribution in [2.24, 2.45) is 0 Å². The summed E-state index contributed by atoms with van der Waals surface area (Å²) < 4.78 is 0. The van der Waals surface area contributed by atoms with E-state index in [1.807, 2.05) is 25.1 Å². The first-order valence-corrected chi connectivity index (χ1v) is 8.03. The quantitative estimate of drug-likeness (QED) is 0.791. The molecule has 0 saturated heterocycles. The molecule has 0 aromatic heterocycles. The minimum atomic E-state index is -0.709. The zero-order valence-electron chi connectivity index (χ0n) is 14.4. The number of rotatable bonds is 4. The summed E-state index contributed by atoms with van der Waals surface area (Å²) in [6.07, 6.45) is 1.82. The number of nitrogens with zero attached hydrogens (tertiary/aromatic N) is 2. The second kappa shape index (κ2) is 7.92. The van der Waals surface area contributed by atoms with Gasteiger partial charge in [-0.1, -0.05) is 6.07 Å². The van der Waals surface area contributed by atoms with Crippen LogP contribution in [0.1, 0.15) is 18.9 Å². The van der Waals surface area contributed by atoms with E-state index in [-0.39, 0.29) is 5.91 Å². The first-order valence-electron chi connectivity index (χ1n) is 8.03. The average Bonchev–Trinajstić information content (AvgIpc) is 2.53. The molecule has 0 radical (unpaired) electrons. The SMILES string of the molecule is CC(=O)N1CCCc2ccc(NC(=O)C(=O)NCCN(C)C)cc21. The van der Waals surface area contributed by atoms with Crippen LogP contribution in [0.25, 0.3) is 0 Å². The first kappa shape index (κ1) is 17.9. The first-order chi connectivity index (χ1) is 11.4. The molecule has 1 aromatic rings. The number of fused-ring (bicyclic) bond motifs is 1.